The molecule has 0 aliphatic rings. The Morgan fingerprint density at radius 3 is 2.76 bits per heavy atom. The van der Waals surface area contributed by atoms with Crippen molar-refractivity contribution < 1.29 is 4.92 Å². The highest BCUT2D eigenvalue weighted by atomic mass is 16.6. The molecular weight excluding hydrogens is 266 g/mol. The zero-order chi connectivity index (χ0) is 15.1. The second-order valence-electron chi connectivity index (χ2n) is 4.62. The average Bonchev–Trinajstić information content (AvgIpc) is 2.52. The van der Waals surface area contributed by atoms with E-state index in [1.54, 1.807) is 24.3 Å². The minimum absolute atomic E-state index is 0.158. The topological polar surface area (TPSA) is 79.0 Å². The van der Waals surface area contributed by atoms with Crippen LogP contribution in [0.3, 0.4) is 0 Å². The Hall–Kier alpha value is -2.71. The van der Waals surface area contributed by atoms with E-state index in [1.165, 1.54) is 6.07 Å². The van der Waals surface area contributed by atoms with Crippen LogP contribution in [0.2, 0.25) is 0 Å². The second kappa shape index (κ2) is 7.17. The third kappa shape index (κ3) is 4.13. The minimum atomic E-state index is -0.355. The van der Waals surface area contributed by atoms with Gasteiger partial charge in [-0.2, -0.15) is 5.26 Å². The van der Waals surface area contributed by atoms with E-state index in [1.807, 2.05) is 18.2 Å². The number of hydrogen-bond acceptors (Lipinski definition) is 4. The molecule has 0 atom stereocenters. The number of rotatable bonds is 6. The molecule has 0 heterocycles. The van der Waals surface area contributed by atoms with Crippen molar-refractivity contribution in [2.24, 2.45) is 0 Å². The molecule has 2 rings (SSSR count). The van der Waals surface area contributed by atoms with Gasteiger partial charge in [-0.25, -0.2) is 0 Å². The van der Waals surface area contributed by atoms with Crippen LogP contribution in [0.25, 0.3) is 0 Å². The lowest BCUT2D eigenvalue weighted by Gasteiger charge is -2.06. The molecule has 21 heavy (non-hydrogen) atoms. The van der Waals surface area contributed by atoms with Gasteiger partial charge in [0.15, 0.2) is 0 Å². The van der Waals surface area contributed by atoms with Gasteiger partial charge in [0.1, 0.15) is 0 Å². The maximum Gasteiger partial charge on any atom is 0.272 e. The molecule has 2 aromatic carbocycles. The fourth-order valence-corrected chi connectivity index (χ4v) is 2.11. The fourth-order valence-electron chi connectivity index (χ4n) is 2.11. The van der Waals surface area contributed by atoms with E-state index >= 15 is 0 Å². The van der Waals surface area contributed by atoms with Gasteiger partial charge >= 0.3 is 0 Å². The van der Waals surface area contributed by atoms with Crippen molar-refractivity contribution >= 4 is 5.69 Å². The van der Waals surface area contributed by atoms with Crippen LogP contribution in [-0.2, 0) is 13.0 Å². The lowest BCUT2D eigenvalue weighted by Crippen LogP contribution is -2.17. The van der Waals surface area contributed by atoms with E-state index in [0.717, 1.165) is 11.1 Å². The zero-order valence-corrected chi connectivity index (χ0v) is 11.5. The summed E-state index contributed by atoms with van der Waals surface area (Å²) in [5.41, 5.74) is 2.54. The molecule has 2 aromatic rings. The Labute approximate surface area is 123 Å². The molecule has 0 aliphatic carbocycles. The lowest BCUT2D eigenvalue weighted by molar-refractivity contribution is -0.385. The summed E-state index contributed by atoms with van der Waals surface area (Å²) >= 11 is 0. The number of nitrogens with one attached hydrogen (secondary N) is 1. The summed E-state index contributed by atoms with van der Waals surface area (Å²) in [6, 6.07) is 16.2. The number of nitro groups is 1. The Kier molecular flexibility index (Phi) is 5.02. The third-order valence-electron chi connectivity index (χ3n) is 3.14. The molecule has 0 bridgehead atoms. The first-order chi connectivity index (χ1) is 10.2. The van der Waals surface area contributed by atoms with Crippen LogP contribution >= 0.6 is 0 Å². The van der Waals surface area contributed by atoms with Gasteiger partial charge in [-0.1, -0.05) is 30.3 Å². The van der Waals surface area contributed by atoms with Gasteiger partial charge < -0.3 is 5.32 Å². The molecular formula is C16H15N3O2. The number of nitriles is 1. The largest absolute Gasteiger partial charge is 0.312 e. The maximum absolute atomic E-state index is 10.9. The number of nitro benzene ring substituents is 1. The third-order valence-corrected chi connectivity index (χ3v) is 3.14. The van der Waals surface area contributed by atoms with Crippen LogP contribution < -0.4 is 5.32 Å². The van der Waals surface area contributed by atoms with Crippen molar-refractivity contribution in [1.82, 2.24) is 5.32 Å². The average molecular weight is 281 g/mol. The molecule has 0 unspecified atom stereocenters. The standard InChI is InChI=1S/C16H15N3O2/c17-11-13-4-3-5-14(10-13)12-18-9-8-15-6-1-2-7-16(15)19(20)21/h1-7,10,18H,8-9,12H2. The van der Waals surface area contributed by atoms with Crippen LogP contribution in [0.5, 0.6) is 0 Å². The molecule has 0 aliphatic heterocycles. The Morgan fingerprint density at radius 1 is 1.19 bits per heavy atom. The SMILES string of the molecule is N#Cc1cccc(CNCCc2ccccc2[N+](=O)[O-])c1. The Morgan fingerprint density at radius 2 is 2.00 bits per heavy atom. The molecule has 106 valence electrons. The van der Waals surface area contributed by atoms with E-state index in [4.69, 9.17) is 5.26 Å². The zero-order valence-electron chi connectivity index (χ0n) is 11.5. The first-order valence-electron chi connectivity index (χ1n) is 6.63. The van der Waals surface area contributed by atoms with Crippen molar-refractivity contribution in [2.45, 2.75) is 13.0 Å². The molecule has 0 radical (unpaired) electrons. The predicted octanol–water partition coefficient (Wildman–Crippen LogP) is 2.80. The van der Waals surface area contributed by atoms with Gasteiger partial charge in [0, 0.05) is 18.2 Å². The van der Waals surface area contributed by atoms with Crippen molar-refractivity contribution in [1.29, 1.82) is 5.26 Å². The van der Waals surface area contributed by atoms with Gasteiger partial charge in [0.05, 0.1) is 16.6 Å². The number of para-hydroxylation sites is 1. The minimum Gasteiger partial charge on any atom is -0.312 e. The number of hydrogen-bond donors (Lipinski definition) is 1. The van der Waals surface area contributed by atoms with Crippen LogP contribution in [-0.4, -0.2) is 11.5 Å². The van der Waals surface area contributed by atoms with Crippen molar-refractivity contribution in [3.63, 3.8) is 0 Å². The summed E-state index contributed by atoms with van der Waals surface area (Å²) in [4.78, 5) is 10.5. The monoisotopic (exact) mass is 281 g/mol. The van der Waals surface area contributed by atoms with Gasteiger partial charge in [0.25, 0.3) is 5.69 Å². The first kappa shape index (κ1) is 14.7. The van der Waals surface area contributed by atoms with Crippen molar-refractivity contribution in [2.75, 3.05) is 6.54 Å². The Balaban J connectivity index is 1.88. The molecule has 5 nitrogen and oxygen atoms in total. The highest BCUT2D eigenvalue weighted by molar-refractivity contribution is 5.40. The number of nitrogens with zero attached hydrogens (tertiary/aromatic N) is 2. The molecule has 5 heteroatoms. The normalized spacial score (nSPS) is 10.0. The summed E-state index contributed by atoms with van der Waals surface area (Å²) < 4.78 is 0. The molecule has 0 fully saturated rings. The van der Waals surface area contributed by atoms with Gasteiger partial charge in [-0.15, -0.1) is 0 Å². The Bertz CT molecular complexity index is 677. The summed E-state index contributed by atoms with van der Waals surface area (Å²) in [6.07, 6.45) is 0.592. The summed E-state index contributed by atoms with van der Waals surface area (Å²) in [5.74, 6) is 0. The quantitative estimate of drug-likeness (QED) is 0.501. The molecule has 1 N–H and O–H groups in total. The van der Waals surface area contributed by atoms with Crippen molar-refractivity contribution in [3.8, 4) is 6.07 Å². The van der Waals surface area contributed by atoms with Gasteiger partial charge in [0.2, 0.25) is 0 Å². The van der Waals surface area contributed by atoms with Gasteiger partial charge in [-0.3, -0.25) is 10.1 Å². The molecule has 0 saturated carbocycles. The number of benzene rings is 2. The molecule has 0 amide bonds. The molecule has 0 aromatic heterocycles. The smallest absolute Gasteiger partial charge is 0.272 e. The molecule has 0 saturated heterocycles. The fraction of sp³-hybridized carbons (Fsp3) is 0.188. The summed E-state index contributed by atoms with van der Waals surface area (Å²) in [6.45, 7) is 1.28. The van der Waals surface area contributed by atoms with Crippen LogP contribution in [0.15, 0.2) is 48.5 Å². The van der Waals surface area contributed by atoms with Crippen LogP contribution in [0.1, 0.15) is 16.7 Å². The predicted molar refractivity (Wildman–Crippen MR) is 79.7 cm³/mol. The van der Waals surface area contributed by atoms with Gasteiger partial charge in [-0.05, 0) is 30.7 Å². The maximum atomic E-state index is 10.9. The van der Waals surface area contributed by atoms with Crippen LogP contribution in [0, 0.1) is 21.4 Å². The lowest BCUT2D eigenvalue weighted by atomic mass is 10.1. The van der Waals surface area contributed by atoms with E-state index in [2.05, 4.69) is 11.4 Å². The van der Waals surface area contributed by atoms with E-state index in [-0.39, 0.29) is 10.6 Å². The molecule has 0 spiro atoms. The van der Waals surface area contributed by atoms with E-state index < -0.39 is 0 Å². The second-order valence-corrected chi connectivity index (χ2v) is 4.62. The highest BCUT2D eigenvalue weighted by Gasteiger charge is 2.11. The van der Waals surface area contributed by atoms with E-state index in [9.17, 15) is 10.1 Å². The van der Waals surface area contributed by atoms with Crippen molar-refractivity contribution in [3.05, 3.63) is 75.3 Å². The highest BCUT2D eigenvalue weighted by Crippen LogP contribution is 2.17. The van der Waals surface area contributed by atoms with E-state index in [0.29, 0.717) is 25.1 Å². The summed E-state index contributed by atoms with van der Waals surface area (Å²) in [7, 11) is 0. The summed E-state index contributed by atoms with van der Waals surface area (Å²) in [5, 5.41) is 23.0. The first-order valence-corrected chi connectivity index (χ1v) is 6.63. The van der Waals surface area contributed by atoms with Crippen LogP contribution in [0.4, 0.5) is 5.69 Å².